The fourth-order valence-corrected chi connectivity index (χ4v) is 3.70. The van der Waals surface area contributed by atoms with Gasteiger partial charge in [0, 0.05) is 25.4 Å². The first-order valence-corrected chi connectivity index (χ1v) is 8.40. The minimum Gasteiger partial charge on any atom is -0.309 e. The first-order valence-electron chi connectivity index (χ1n) is 5.08. The zero-order valence-corrected chi connectivity index (χ0v) is 11.9. The Labute approximate surface area is 107 Å². The van der Waals surface area contributed by atoms with Gasteiger partial charge in [-0.15, -0.1) is 0 Å². The van der Waals surface area contributed by atoms with Crippen molar-refractivity contribution in [2.24, 2.45) is 0 Å². The van der Waals surface area contributed by atoms with E-state index in [2.05, 4.69) is 9.05 Å². The SMILES string of the molecule is COP(=O)(/C=C/S(=O)(=O)Cc1ccccc1)OC. The first-order chi connectivity index (χ1) is 8.41. The highest BCUT2D eigenvalue weighted by atomic mass is 32.2. The van der Waals surface area contributed by atoms with Gasteiger partial charge in [-0.25, -0.2) is 8.42 Å². The second-order valence-electron chi connectivity index (χ2n) is 3.48. The summed E-state index contributed by atoms with van der Waals surface area (Å²) in [4.78, 5) is 0. The van der Waals surface area contributed by atoms with Crippen molar-refractivity contribution in [1.82, 2.24) is 0 Å². The summed E-state index contributed by atoms with van der Waals surface area (Å²) in [6.45, 7) is 0. The molecule has 18 heavy (non-hydrogen) atoms. The van der Waals surface area contributed by atoms with Crippen LogP contribution in [-0.4, -0.2) is 22.6 Å². The molecule has 0 aromatic heterocycles. The van der Waals surface area contributed by atoms with Crippen molar-refractivity contribution < 1.29 is 22.0 Å². The summed E-state index contributed by atoms with van der Waals surface area (Å²) in [5.74, 6) is 0.795. The quantitative estimate of drug-likeness (QED) is 0.753. The van der Waals surface area contributed by atoms with Crippen LogP contribution in [0.3, 0.4) is 0 Å². The lowest BCUT2D eigenvalue weighted by atomic mass is 10.2. The van der Waals surface area contributed by atoms with Gasteiger partial charge in [-0.05, 0) is 5.56 Å². The highest BCUT2D eigenvalue weighted by Crippen LogP contribution is 2.48. The van der Waals surface area contributed by atoms with Gasteiger partial charge in [0.1, 0.15) is 0 Å². The topological polar surface area (TPSA) is 69.7 Å². The zero-order valence-electron chi connectivity index (χ0n) is 10.1. The molecule has 0 radical (unpaired) electrons. The van der Waals surface area contributed by atoms with Gasteiger partial charge in [0.25, 0.3) is 0 Å². The zero-order chi connectivity index (χ0) is 13.6. The van der Waals surface area contributed by atoms with Crippen LogP contribution in [0.4, 0.5) is 0 Å². The number of hydrogen-bond donors (Lipinski definition) is 0. The van der Waals surface area contributed by atoms with Crippen molar-refractivity contribution >= 4 is 17.4 Å². The van der Waals surface area contributed by atoms with E-state index in [-0.39, 0.29) is 5.75 Å². The maximum atomic E-state index is 11.8. The maximum absolute atomic E-state index is 11.8. The molecule has 0 bridgehead atoms. The molecule has 5 nitrogen and oxygen atoms in total. The molecule has 0 amide bonds. The Kier molecular flexibility index (Phi) is 5.28. The fraction of sp³-hybridized carbons (Fsp3) is 0.273. The average Bonchev–Trinajstić information content (AvgIpc) is 2.37. The standard InChI is InChI=1S/C11H15O5PS/c1-15-17(12,16-2)8-9-18(13,14)10-11-6-4-3-5-7-11/h3-9H,10H2,1-2H3/b9-8+. The molecule has 1 aromatic carbocycles. The van der Waals surface area contributed by atoms with E-state index in [4.69, 9.17) is 0 Å². The summed E-state index contributed by atoms with van der Waals surface area (Å²) in [6, 6.07) is 8.72. The molecule has 7 heteroatoms. The van der Waals surface area contributed by atoms with Crippen LogP contribution in [0.15, 0.2) is 41.6 Å². The summed E-state index contributed by atoms with van der Waals surface area (Å²) >= 11 is 0. The van der Waals surface area contributed by atoms with Gasteiger partial charge < -0.3 is 9.05 Å². The lowest BCUT2D eigenvalue weighted by Gasteiger charge is -2.07. The van der Waals surface area contributed by atoms with Gasteiger partial charge in [-0.1, -0.05) is 30.3 Å². The Hall–Kier alpha value is -0.940. The van der Waals surface area contributed by atoms with E-state index in [0.29, 0.717) is 5.56 Å². The highest BCUT2D eigenvalue weighted by molar-refractivity contribution is 7.93. The summed E-state index contributed by atoms with van der Waals surface area (Å²) < 4.78 is 44.4. The monoisotopic (exact) mass is 290 g/mol. The highest BCUT2D eigenvalue weighted by Gasteiger charge is 2.18. The van der Waals surface area contributed by atoms with Crippen LogP contribution in [0.1, 0.15) is 5.56 Å². The molecular formula is C11H15O5PS. The molecule has 0 unspecified atom stereocenters. The van der Waals surface area contributed by atoms with E-state index >= 15 is 0 Å². The van der Waals surface area contributed by atoms with E-state index in [1.165, 1.54) is 14.2 Å². The molecule has 1 rings (SSSR count). The third kappa shape index (κ3) is 4.74. The summed E-state index contributed by atoms with van der Waals surface area (Å²) in [5, 5.41) is 0.869. The largest absolute Gasteiger partial charge is 0.354 e. The molecule has 100 valence electrons. The van der Waals surface area contributed by atoms with Gasteiger partial charge in [0.15, 0.2) is 9.84 Å². The lowest BCUT2D eigenvalue weighted by Crippen LogP contribution is -2.00. The minimum atomic E-state index is -3.50. The average molecular weight is 290 g/mol. The van der Waals surface area contributed by atoms with Gasteiger partial charge in [0.2, 0.25) is 0 Å². The molecule has 0 atom stereocenters. The summed E-state index contributed by atoms with van der Waals surface area (Å²) in [6.07, 6.45) is 0. The molecule has 0 aliphatic heterocycles. The Morgan fingerprint density at radius 1 is 1.17 bits per heavy atom. The molecule has 0 N–H and O–H groups in total. The van der Waals surface area contributed by atoms with Crippen LogP contribution in [0.2, 0.25) is 0 Å². The van der Waals surface area contributed by atoms with Gasteiger partial charge >= 0.3 is 7.60 Å². The van der Waals surface area contributed by atoms with Gasteiger partial charge in [0.05, 0.1) is 5.75 Å². The minimum absolute atomic E-state index is 0.155. The second kappa shape index (κ2) is 6.29. The van der Waals surface area contributed by atoms with Crippen LogP contribution in [0.5, 0.6) is 0 Å². The van der Waals surface area contributed by atoms with Gasteiger partial charge in [-0.3, -0.25) is 4.57 Å². The predicted octanol–water partition coefficient (Wildman–Crippen LogP) is 2.56. The van der Waals surface area contributed by atoms with E-state index in [1.54, 1.807) is 30.3 Å². The van der Waals surface area contributed by atoms with E-state index in [0.717, 1.165) is 11.2 Å². The number of rotatable bonds is 6. The fourth-order valence-electron chi connectivity index (χ4n) is 1.22. The molecule has 1 aromatic rings. The maximum Gasteiger partial charge on any atom is 0.354 e. The van der Waals surface area contributed by atoms with Crippen molar-refractivity contribution in [1.29, 1.82) is 0 Å². The van der Waals surface area contributed by atoms with Crippen molar-refractivity contribution in [2.45, 2.75) is 5.75 Å². The van der Waals surface area contributed by atoms with E-state index < -0.39 is 17.4 Å². The Bertz CT molecular complexity index is 542. The Morgan fingerprint density at radius 2 is 1.72 bits per heavy atom. The van der Waals surface area contributed by atoms with Crippen LogP contribution in [-0.2, 0) is 29.2 Å². The summed E-state index contributed by atoms with van der Waals surface area (Å²) in [5.41, 5.74) is 0.659. The van der Waals surface area contributed by atoms with E-state index in [9.17, 15) is 13.0 Å². The van der Waals surface area contributed by atoms with Crippen molar-refractivity contribution in [3.8, 4) is 0 Å². The predicted molar refractivity (Wildman–Crippen MR) is 69.8 cm³/mol. The third-order valence-electron chi connectivity index (χ3n) is 2.17. The number of hydrogen-bond acceptors (Lipinski definition) is 5. The smallest absolute Gasteiger partial charge is 0.309 e. The van der Waals surface area contributed by atoms with E-state index in [1.807, 2.05) is 0 Å². The van der Waals surface area contributed by atoms with Crippen molar-refractivity contribution in [3.05, 3.63) is 47.1 Å². The molecule has 0 saturated heterocycles. The van der Waals surface area contributed by atoms with Crippen LogP contribution < -0.4 is 0 Å². The molecule has 0 aliphatic rings. The lowest BCUT2D eigenvalue weighted by molar-refractivity contribution is 0.286. The Morgan fingerprint density at radius 3 is 2.22 bits per heavy atom. The normalized spacial score (nSPS) is 13.0. The molecule has 0 aliphatic carbocycles. The van der Waals surface area contributed by atoms with Crippen LogP contribution >= 0.6 is 7.60 Å². The van der Waals surface area contributed by atoms with Crippen molar-refractivity contribution in [3.63, 3.8) is 0 Å². The Balaban J connectivity index is 2.84. The number of sulfone groups is 1. The third-order valence-corrected chi connectivity index (χ3v) is 5.19. The molecule has 0 heterocycles. The number of benzene rings is 1. The molecular weight excluding hydrogens is 275 g/mol. The van der Waals surface area contributed by atoms with Crippen molar-refractivity contribution in [2.75, 3.05) is 14.2 Å². The van der Waals surface area contributed by atoms with Crippen LogP contribution in [0, 0.1) is 0 Å². The van der Waals surface area contributed by atoms with Gasteiger partial charge in [-0.2, -0.15) is 0 Å². The summed E-state index contributed by atoms with van der Waals surface area (Å²) in [7, 11) is -4.56. The molecule has 0 saturated carbocycles. The molecule has 0 fully saturated rings. The second-order valence-corrected chi connectivity index (χ2v) is 7.48. The first kappa shape index (κ1) is 15.1. The molecule has 0 spiro atoms. The van der Waals surface area contributed by atoms with Crippen LogP contribution in [0.25, 0.3) is 0 Å².